The van der Waals surface area contributed by atoms with Gasteiger partial charge in [0, 0.05) is 12.4 Å². The maximum atomic E-state index is 12.0. The van der Waals surface area contributed by atoms with Crippen LogP contribution in [0.3, 0.4) is 0 Å². The molecule has 2 heterocycles. The van der Waals surface area contributed by atoms with Gasteiger partial charge in [0.05, 0.1) is 12.2 Å². The van der Waals surface area contributed by atoms with Crippen LogP contribution in [0.5, 0.6) is 0 Å². The summed E-state index contributed by atoms with van der Waals surface area (Å²) in [6.45, 7) is 2.01. The van der Waals surface area contributed by atoms with Crippen LogP contribution in [0.4, 0.5) is 0 Å². The molecule has 2 aromatic heterocycles. The molecule has 19 heavy (non-hydrogen) atoms. The van der Waals surface area contributed by atoms with E-state index in [0.717, 1.165) is 5.56 Å². The quantitative estimate of drug-likeness (QED) is 0.875. The first-order valence-electron chi connectivity index (χ1n) is 5.51. The number of halogens is 1. The molecule has 7 heteroatoms. The van der Waals surface area contributed by atoms with Gasteiger partial charge in [0.1, 0.15) is 10.0 Å². The molecule has 5 nitrogen and oxygen atoms in total. The average molecular weight is 298 g/mol. The number of hydrogen-bond acceptors (Lipinski definition) is 4. The first kappa shape index (κ1) is 13.9. The molecule has 0 atom stereocenters. The van der Waals surface area contributed by atoms with Gasteiger partial charge in [-0.1, -0.05) is 17.7 Å². The summed E-state index contributed by atoms with van der Waals surface area (Å²) in [5, 5.41) is 0.250. The van der Waals surface area contributed by atoms with Gasteiger partial charge in [-0.25, -0.2) is 18.1 Å². The Bertz CT molecular complexity index is 672. The number of rotatable bonds is 4. The molecule has 2 rings (SSSR count). The molecule has 0 fully saturated rings. The fourth-order valence-corrected chi connectivity index (χ4v) is 2.52. The molecule has 0 bridgehead atoms. The van der Waals surface area contributed by atoms with Crippen molar-refractivity contribution in [2.24, 2.45) is 0 Å². The average Bonchev–Trinajstić information content (AvgIpc) is 2.38. The van der Waals surface area contributed by atoms with Crippen molar-refractivity contribution in [3.05, 3.63) is 53.1 Å². The number of aromatic nitrogens is 2. The molecule has 1 N–H and O–H groups in total. The molecule has 2 aromatic rings. The monoisotopic (exact) mass is 297 g/mol. The molecule has 100 valence electrons. The summed E-state index contributed by atoms with van der Waals surface area (Å²) < 4.78 is 26.5. The van der Waals surface area contributed by atoms with Crippen molar-refractivity contribution in [3.8, 4) is 0 Å². The highest BCUT2D eigenvalue weighted by Crippen LogP contribution is 2.11. The second kappa shape index (κ2) is 5.64. The molecule has 0 radical (unpaired) electrons. The van der Waals surface area contributed by atoms with E-state index < -0.39 is 10.0 Å². The first-order valence-corrected chi connectivity index (χ1v) is 7.37. The van der Waals surface area contributed by atoms with Crippen LogP contribution in [0, 0.1) is 6.92 Å². The fraction of sp³-hybridized carbons (Fsp3) is 0.167. The zero-order valence-electron chi connectivity index (χ0n) is 10.2. The molecule has 0 aromatic carbocycles. The highest BCUT2D eigenvalue weighted by atomic mass is 35.5. The third kappa shape index (κ3) is 3.50. The zero-order valence-corrected chi connectivity index (χ0v) is 11.7. The minimum absolute atomic E-state index is 0.0745. The molecule has 0 aliphatic rings. The van der Waals surface area contributed by atoms with E-state index in [-0.39, 0.29) is 16.6 Å². The van der Waals surface area contributed by atoms with E-state index in [1.807, 2.05) is 13.0 Å². The third-order valence-corrected chi connectivity index (χ3v) is 4.17. The van der Waals surface area contributed by atoms with Gasteiger partial charge in [0.15, 0.2) is 0 Å². The standard InChI is InChI=1S/C12H12ClN3O2S/c1-9-3-2-6-14-11(9)8-16-19(17,18)10-4-5-12(13)15-7-10/h2-7,16H,8H2,1H3. The number of aryl methyl sites for hydroxylation is 1. The lowest BCUT2D eigenvalue weighted by molar-refractivity contribution is 0.580. The number of nitrogens with one attached hydrogen (secondary N) is 1. The van der Waals surface area contributed by atoms with Gasteiger partial charge in [-0.15, -0.1) is 0 Å². The Morgan fingerprint density at radius 1 is 1.26 bits per heavy atom. The molecule has 0 saturated heterocycles. The van der Waals surface area contributed by atoms with E-state index >= 15 is 0 Å². The molecule has 0 saturated carbocycles. The van der Waals surface area contributed by atoms with Gasteiger partial charge in [-0.05, 0) is 30.7 Å². The lowest BCUT2D eigenvalue weighted by Gasteiger charge is -2.07. The van der Waals surface area contributed by atoms with Crippen molar-refractivity contribution < 1.29 is 8.42 Å². The predicted molar refractivity (Wildman–Crippen MR) is 72.2 cm³/mol. The van der Waals surface area contributed by atoms with Crippen LogP contribution in [0.25, 0.3) is 0 Å². The van der Waals surface area contributed by atoms with E-state index in [0.29, 0.717) is 5.69 Å². The van der Waals surface area contributed by atoms with E-state index in [9.17, 15) is 8.42 Å². The maximum absolute atomic E-state index is 12.0. The van der Waals surface area contributed by atoms with Gasteiger partial charge < -0.3 is 0 Å². The van der Waals surface area contributed by atoms with Crippen LogP contribution in [0.2, 0.25) is 5.15 Å². The van der Waals surface area contributed by atoms with Crippen molar-refractivity contribution in [3.63, 3.8) is 0 Å². The van der Waals surface area contributed by atoms with Crippen LogP contribution < -0.4 is 4.72 Å². The molecule has 0 spiro atoms. The first-order chi connectivity index (χ1) is 8.99. The van der Waals surface area contributed by atoms with E-state index in [4.69, 9.17) is 11.6 Å². The normalized spacial score (nSPS) is 11.5. The Labute approximate surface area is 116 Å². The van der Waals surface area contributed by atoms with E-state index in [1.165, 1.54) is 18.3 Å². The molecule has 0 unspecified atom stereocenters. The zero-order chi connectivity index (χ0) is 13.9. The van der Waals surface area contributed by atoms with Crippen LogP contribution >= 0.6 is 11.6 Å². The third-order valence-electron chi connectivity index (χ3n) is 2.56. The van der Waals surface area contributed by atoms with Crippen LogP contribution in [-0.2, 0) is 16.6 Å². The Morgan fingerprint density at radius 3 is 2.68 bits per heavy atom. The highest BCUT2D eigenvalue weighted by molar-refractivity contribution is 7.89. The Kier molecular flexibility index (Phi) is 4.14. The summed E-state index contributed by atoms with van der Waals surface area (Å²) in [7, 11) is -3.60. The lowest BCUT2D eigenvalue weighted by Crippen LogP contribution is -2.24. The fourth-order valence-electron chi connectivity index (χ4n) is 1.47. The molecule has 0 aliphatic heterocycles. The lowest BCUT2D eigenvalue weighted by atomic mass is 10.2. The van der Waals surface area contributed by atoms with Crippen LogP contribution in [-0.4, -0.2) is 18.4 Å². The summed E-state index contributed by atoms with van der Waals surface area (Å²) in [6.07, 6.45) is 2.84. The molecular formula is C12H12ClN3O2S. The van der Waals surface area contributed by atoms with Crippen molar-refractivity contribution in [1.29, 1.82) is 0 Å². The van der Waals surface area contributed by atoms with Crippen molar-refractivity contribution >= 4 is 21.6 Å². The van der Waals surface area contributed by atoms with Gasteiger partial charge in [-0.3, -0.25) is 4.98 Å². The number of nitrogens with zero attached hydrogens (tertiary/aromatic N) is 2. The smallest absolute Gasteiger partial charge is 0.242 e. The Balaban J connectivity index is 2.14. The van der Waals surface area contributed by atoms with Crippen molar-refractivity contribution in [2.75, 3.05) is 0 Å². The molecular weight excluding hydrogens is 286 g/mol. The Hall–Kier alpha value is -1.50. The Morgan fingerprint density at radius 2 is 2.05 bits per heavy atom. The van der Waals surface area contributed by atoms with Gasteiger partial charge in [-0.2, -0.15) is 0 Å². The number of sulfonamides is 1. The summed E-state index contributed by atoms with van der Waals surface area (Å²) in [5.74, 6) is 0. The SMILES string of the molecule is Cc1cccnc1CNS(=O)(=O)c1ccc(Cl)nc1. The second-order valence-corrected chi connectivity index (χ2v) is 6.06. The number of hydrogen-bond donors (Lipinski definition) is 1. The summed E-state index contributed by atoms with van der Waals surface area (Å²) in [6, 6.07) is 6.52. The summed E-state index contributed by atoms with van der Waals surface area (Å²) in [4.78, 5) is 7.95. The van der Waals surface area contributed by atoms with Crippen molar-refractivity contribution in [1.82, 2.24) is 14.7 Å². The van der Waals surface area contributed by atoms with Crippen molar-refractivity contribution in [2.45, 2.75) is 18.4 Å². The van der Waals surface area contributed by atoms with E-state index in [2.05, 4.69) is 14.7 Å². The maximum Gasteiger partial charge on any atom is 0.242 e. The highest BCUT2D eigenvalue weighted by Gasteiger charge is 2.14. The number of pyridine rings is 2. The summed E-state index contributed by atoms with van der Waals surface area (Å²) in [5.41, 5.74) is 1.62. The molecule has 0 aliphatic carbocycles. The van der Waals surface area contributed by atoms with Crippen LogP contribution in [0.15, 0.2) is 41.6 Å². The van der Waals surface area contributed by atoms with Gasteiger partial charge >= 0.3 is 0 Å². The topological polar surface area (TPSA) is 72.0 Å². The van der Waals surface area contributed by atoms with Gasteiger partial charge in [0.25, 0.3) is 0 Å². The molecule has 0 amide bonds. The summed E-state index contributed by atoms with van der Waals surface area (Å²) >= 11 is 5.62. The minimum Gasteiger partial charge on any atom is -0.260 e. The van der Waals surface area contributed by atoms with Gasteiger partial charge in [0.2, 0.25) is 10.0 Å². The second-order valence-electron chi connectivity index (χ2n) is 3.91. The van der Waals surface area contributed by atoms with E-state index in [1.54, 1.807) is 12.3 Å². The van der Waals surface area contributed by atoms with Crippen LogP contribution in [0.1, 0.15) is 11.3 Å². The minimum atomic E-state index is -3.60. The predicted octanol–water partition coefficient (Wildman–Crippen LogP) is 1.92. The largest absolute Gasteiger partial charge is 0.260 e.